The Morgan fingerprint density at radius 1 is 1.32 bits per heavy atom. The van der Waals surface area contributed by atoms with Gasteiger partial charge in [-0.25, -0.2) is 0 Å². The van der Waals surface area contributed by atoms with Gasteiger partial charge in [0.05, 0.1) is 7.11 Å². The number of methoxy groups -OCH3 is 1. The van der Waals surface area contributed by atoms with Gasteiger partial charge in [-0.3, -0.25) is 9.78 Å². The predicted molar refractivity (Wildman–Crippen MR) is 84.1 cm³/mol. The Bertz CT molecular complexity index is 731. The molecule has 2 saturated heterocycles. The van der Waals surface area contributed by atoms with Crippen molar-refractivity contribution in [3.8, 4) is 5.75 Å². The molecule has 0 aliphatic carbocycles. The smallest absolute Gasteiger partial charge is 0.270 e. The Balaban J connectivity index is 1.56. The zero-order valence-electron chi connectivity index (χ0n) is 12.5. The number of amides is 1. The Morgan fingerprint density at radius 2 is 2.23 bits per heavy atom. The van der Waals surface area contributed by atoms with Crippen LogP contribution in [0.5, 0.6) is 5.75 Å². The van der Waals surface area contributed by atoms with Crippen LogP contribution in [-0.4, -0.2) is 36.1 Å². The number of hydrogen-bond donors (Lipinski definition) is 2. The number of rotatable bonds is 3. The molecule has 2 fully saturated rings. The fraction of sp³-hybridized carbons (Fsp3) is 0.412. The van der Waals surface area contributed by atoms with E-state index in [0.29, 0.717) is 17.8 Å². The summed E-state index contributed by atoms with van der Waals surface area (Å²) < 4.78 is 5.23. The summed E-state index contributed by atoms with van der Waals surface area (Å²) in [4.78, 5) is 16.7. The summed E-state index contributed by atoms with van der Waals surface area (Å²) >= 11 is 0. The van der Waals surface area contributed by atoms with Crippen LogP contribution in [0.1, 0.15) is 29.8 Å². The van der Waals surface area contributed by atoms with Crippen molar-refractivity contribution in [3.05, 3.63) is 36.2 Å². The van der Waals surface area contributed by atoms with E-state index in [9.17, 15) is 4.79 Å². The van der Waals surface area contributed by atoms with Crippen LogP contribution in [0.15, 0.2) is 30.5 Å². The van der Waals surface area contributed by atoms with E-state index < -0.39 is 0 Å². The molecule has 2 bridgehead atoms. The third kappa shape index (κ3) is 2.31. The summed E-state index contributed by atoms with van der Waals surface area (Å²) in [6.07, 6.45) is 5.14. The molecule has 2 N–H and O–H groups in total. The summed E-state index contributed by atoms with van der Waals surface area (Å²) in [5.41, 5.74) is 0.462. The van der Waals surface area contributed by atoms with Crippen molar-refractivity contribution in [2.24, 2.45) is 0 Å². The van der Waals surface area contributed by atoms with E-state index in [1.54, 1.807) is 13.3 Å². The van der Waals surface area contributed by atoms with Crippen LogP contribution in [0.3, 0.4) is 0 Å². The summed E-state index contributed by atoms with van der Waals surface area (Å²) in [5.74, 6) is 0.687. The maximum atomic E-state index is 12.4. The van der Waals surface area contributed by atoms with Gasteiger partial charge in [0.25, 0.3) is 5.91 Å². The lowest BCUT2D eigenvalue weighted by molar-refractivity contribution is 0.0926. The molecule has 22 heavy (non-hydrogen) atoms. The SMILES string of the molecule is COc1ccc2cnc(C(=O)N[C@@H]3C[C@H]4CC[C@@H]3N4)cc2c1. The lowest BCUT2D eigenvalue weighted by Gasteiger charge is -2.21. The van der Waals surface area contributed by atoms with Gasteiger partial charge < -0.3 is 15.4 Å². The molecule has 3 heterocycles. The highest BCUT2D eigenvalue weighted by molar-refractivity contribution is 5.96. The minimum Gasteiger partial charge on any atom is -0.497 e. The average Bonchev–Trinajstić information content (AvgIpc) is 3.16. The molecule has 1 aromatic heterocycles. The molecule has 0 radical (unpaired) electrons. The second kappa shape index (κ2) is 5.25. The Labute approximate surface area is 129 Å². The van der Waals surface area contributed by atoms with Crippen molar-refractivity contribution in [1.29, 1.82) is 0 Å². The summed E-state index contributed by atoms with van der Waals surface area (Å²) in [5, 5.41) is 8.61. The molecule has 2 aromatic rings. The summed E-state index contributed by atoms with van der Waals surface area (Å²) in [6, 6.07) is 8.82. The van der Waals surface area contributed by atoms with Gasteiger partial charge in [0.15, 0.2) is 0 Å². The first-order valence-corrected chi connectivity index (χ1v) is 7.73. The zero-order valence-corrected chi connectivity index (χ0v) is 12.5. The highest BCUT2D eigenvalue weighted by atomic mass is 16.5. The quantitative estimate of drug-likeness (QED) is 0.908. The van der Waals surface area contributed by atoms with E-state index in [1.807, 2.05) is 24.3 Å². The molecule has 2 aliphatic heterocycles. The summed E-state index contributed by atoms with van der Waals surface area (Å²) in [7, 11) is 1.64. The molecule has 1 aromatic carbocycles. The average molecular weight is 297 g/mol. The molecule has 5 heteroatoms. The fourth-order valence-corrected chi connectivity index (χ4v) is 3.60. The Hall–Kier alpha value is -2.14. The fourth-order valence-electron chi connectivity index (χ4n) is 3.60. The van der Waals surface area contributed by atoms with Crippen molar-refractivity contribution >= 4 is 16.7 Å². The lowest BCUT2D eigenvalue weighted by Crippen LogP contribution is -2.43. The van der Waals surface area contributed by atoms with Crippen LogP contribution >= 0.6 is 0 Å². The predicted octanol–water partition coefficient (Wildman–Crippen LogP) is 1.87. The van der Waals surface area contributed by atoms with Gasteiger partial charge in [-0.2, -0.15) is 0 Å². The lowest BCUT2D eigenvalue weighted by atomic mass is 9.95. The van der Waals surface area contributed by atoms with Crippen molar-refractivity contribution < 1.29 is 9.53 Å². The van der Waals surface area contributed by atoms with Crippen molar-refractivity contribution in [2.75, 3.05) is 7.11 Å². The van der Waals surface area contributed by atoms with E-state index in [2.05, 4.69) is 15.6 Å². The van der Waals surface area contributed by atoms with Gasteiger partial charge in [0.1, 0.15) is 11.4 Å². The molecule has 4 rings (SSSR count). The molecular weight excluding hydrogens is 278 g/mol. The molecule has 5 nitrogen and oxygen atoms in total. The molecular formula is C17H19N3O2. The van der Waals surface area contributed by atoms with Crippen LogP contribution in [0, 0.1) is 0 Å². The number of hydrogen-bond acceptors (Lipinski definition) is 4. The highest BCUT2D eigenvalue weighted by Gasteiger charge is 2.39. The number of nitrogens with one attached hydrogen (secondary N) is 2. The number of nitrogens with zero attached hydrogens (tertiary/aromatic N) is 1. The first kappa shape index (κ1) is 13.5. The van der Waals surface area contributed by atoms with Crippen molar-refractivity contribution in [3.63, 3.8) is 0 Å². The largest absolute Gasteiger partial charge is 0.497 e. The maximum absolute atomic E-state index is 12.4. The third-order valence-electron chi connectivity index (χ3n) is 4.78. The number of fused-ring (bicyclic) bond motifs is 3. The Kier molecular flexibility index (Phi) is 3.22. The van der Waals surface area contributed by atoms with Crippen LogP contribution in [0.25, 0.3) is 10.8 Å². The normalized spacial score (nSPS) is 26.3. The monoisotopic (exact) mass is 297 g/mol. The second-order valence-electron chi connectivity index (χ2n) is 6.15. The van der Waals surface area contributed by atoms with Crippen LogP contribution < -0.4 is 15.4 Å². The molecule has 0 spiro atoms. The number of ether oxygens (including phenoxy) is 1. The molecule has 3 atom stereocenters. The molecule has 0 saturated carbocycles. The van der Waals surface area contributed by atoms with E-state index in [1.165, 1.54) is 6.42 Å². The van der Waals surface area contributed by atoms with Gasteiger partial charge in [0, 0.05) is 29.7 Å². The van der Waals surface area contributed by atoms with E-state index in [0.717, 1.165) is 29.4 Å². The van der Waals surface area contributed by atoms with Crippen molar-refractivity contribution in [2.45, 2.75) is 37.4 Å². The molecule has 0 unspecified atom stereocenters. The highest BCUT2D eigenvalue weighted by Crippen LogP contribution is 2.28. The Morgan fingerprint density at radius 3 is 2.95 bits per heavy atom. The molecule has 1 amide bonds. The number of aromatic nitrogens is 1. The number of benzene rings is 1. The molecule has 2 aliphatic rings. The van der Waals surface area contributed by atoms with E-state index in [4.69, 9.17) is 4.74 Å². The third-order valence-corrected chi connectivity index (χ3v) is 4.78. The van der Waals surface area contributed by atoms with Gasteiger partial charge in [-0.05, 0) is 48.9 Å². The number of carbonyl (C=O) groups is 1. The topological polar surface area (TPSA) is 63.2 Å². The second-order valence-corrected chi connectivity index (χ2v) is 6.15. The van der Waals surface area contributed by atoms with E-state index in [-0.39, 0.29) is 11.9 Å². The first-order valence-electron chi connectivity index (χ1n) is 7.73. The summed E-state index contributed by atoms with van der Waals surface area (Å²) in [6.45, 7) is 0. The van der Waals surface area contributed by atoms with Gasteiger partial charge in [-0.15, -0.1) is 0 Å². The zero-order chi connectivity index (χ0) is 15.1. The van der Waals surface area contributed by atoms with Crippen LogP contribution in [-0.2, 0) is 0 Å². The minimum absolute atomic E-state index is 0.0935. The van der Waals surface area contributed by atoms with Gasteiger partial charge in [0.2, 0.25) is 0 Å². The number of pyridine rings is 1. The van der Waals surface area contributed by atoms with Crippen molar-refractivity contribution in [1.82, 2.24) is 15.6 Å². The van der Waals surface area contributed by atoms with Gasteiger partial charge in [-0.1, -0.05) is 0 Å². The van der Waals surface area contributed by atoms with Crippen LogP contribution in [0.2, 0.25) is 0 Å². The first-order chi connectivity index (χ1) is 10.7. The standard InChI is InChI=1S/C17H19N3O2/c1-22-13-4-2-10-9-18-16(7-11(10)6-13)17(21)20-15-8-12-3-5-14(15)19-12/h2,4,6-7,9,12,14-15,19H,3,5,8H2,1H3,(H,20,21)/t12-,14+,15-/m1/s1. The van der Waals surface area contributed by atoms with E-state index >= 15 is 0 Å². The van der Waals surface area contributed by atoms with Crippen LogP contribution in [0.4, 0.5) is 0 Å². The van der Waals surface area contributed by atoms with Gasteiger partial charge >= 0.3 is 0 Å². The maximum Gasteiger partial charge on any atom is 0.270 e. The minimum atomic E-state index is -0.0935. The number of carbonyl (C=O) groups excluding carboxylic acids is 1. The molecule has 114 valence electrons.